The number of hydrogen-bond donors (Lipinski definition) is 1. The topological polar surface area (TPSA) is 68.5 Å². The molecule has 2 aromatic carbocycles. The molecule has 6 heteroatoms. The van der Waals surface area contributed by atoms with Crippen LogP contribution >= 0.6 is 15.9 Å². The van der Waals surface area contributed by atoms with Gasteiger partial charge in [0.05, 0.1) is 12.5 Å². The average molecular weight is 374 g/mol. The molecule has 0 aliphatic rings. The van der Waals surface area contributed by atoms with Crippen LogP contribution in [0.25, 0.3) is 11.0 Å². The molecule has 5 nitrogen and oxygen atoms in total. The normalized spacial score (nSPS) is 10.5. The molecule has 0 fully saturated rings. The van der Waals surface area contributed by atoms with Gasteiger partial charge in [0.1, 0.15) is 11.3 Å². The van der Waals surface area contributed by atoms with Gasteiger partial charge in [-0.25, -0.2) is 0 Å². The van der Waals surface area contributed by atoms with Crippen molar-refractivity contribution in [1.82, 2.24) is 0 Å². The van der Waals surface area contributed by atoms with E-state index in [-0.39, 0.29) is 11.2 Å². The van der Waals surface area contributed by atoms with Crippen LogP contribution in [0.15, 0.2) is 62.2 Å². The van der Waals surface area contributed by atoms with E-state index in [0.29, 0.717) is 22.4 Å². The summed E-state index contributed by atoms with van der Waals surface area (Å²) >= 11 is 3.32. The van der Waals surface area contributed by atoms with Gasteiger partial charge in [-0.1, -0.05) is 15.9 Å². The van der Waals surface area contributed by atoms with E-state index < -0.39 is 5.91 Å². The molecule has 0 unspecified atom stereocenters. The Balaban J connectivity index is 1.96. The molecular weight excluding hydrogens is 362 g/mol. The third-order valence-corrected chi connectivity index (χ3v) is 3.79. The number of benzene rings is 2. The predicted octanol–water partition coefficient (Wildman–Crippen LogP) is 3.82. The SMILES string of the molecule is COc1ccc2c(=O)cc(C(=O)Nc3ccc(Br)cc3)oc2c1. The Morgan fingerprint density at radius 1 is 1.13 bits per heavy atom. The van der Waals surface area contributed by atoms with Gasteiger partial charge in [-0.2, -0.15) is 0 Å². The molecule has 1 N–H and O–H groups in total. The van der Waals surface area contributed by atoms with Crippen molar-refractivity contribution in [3.63, 3.8) is 0 Å². The van der Waals surface area contributed by atoms with E-state index in [9.17, 15) is 9.59 Å². The molecule has 23 heavy (non-hydrogen) atoms. The fourth-order valence-corrected chi connectivity index (χ4v) is 2.36. The van der Waals surface area contributed by atoms with Crippen LogP contribution in [-0.4, -0.2) is 13.0 Å². The summed E-state index contributed by atoms with van der Waals surface area (Å²) in [4.78, 5) is 24.4. The number of methoxy groups -OCH3 is 1. The quantitative estimate of drug-likeness (QED) is 0.757. The number of fused-ring (bicyclic) bond motifs is 1. The summed E-state index contributed by atoms with van der Waals surface area (Å²) in [6.45, 7) is 0. The van der Waals surface area contributed by atoms with Crippen molar-refractivity contribution < 1.29 is 13.9 Å². The summed E-state index contributed by atoms with van der Waals surface area (Å²) in [5.74, 6) is -0.000989. The van der Waals surface area contributed by atoms with Gasteiger partial charge < -0.3 is 14.5 Å². The van der Waals surface area contributed by atoms with Gasteiger partial charge in [-0.3, -0.25) is 9.59 Å². The summed E-state index contributed by atoms with van der Waals surface area (Å²) in [7, 11) is 1.52. The summed E-state index contributed by atoms with van der Waals surface area (Å²) in [5, 5.41) is 3.08. The monoisotopic (exact) mass is 373 g/mol. The lowest BCUT2D eigenvalue weighted by atomic mass is 10.2. The van der Waals surface area contributed by atoms with Crippen LogP contribution in [0, 0.1) is 0 Å². The molecule has 0 aliphatic heterocycles. The van der Waals surface area contributed by atoms with Gasteiger partial charge in [0.25, 0.3) is 5.91 Å². The van der Waals surface area contributed by atoms with E-state index >= 15 is 0 Å². The van der Waals surface area contributed by atoms with Gasteiger partial charge in [0, 0.05) is 22.3 Å². The molecular formula is C17H12BrNO4. The van der Waals surface area contributed by atoms with Crippen LogP contribution < -0.4 is 15.5 Å². The lowest BCUT2D eigenvalue weighted by Crippen LogP contribution is -2.14. The largest absolute Gasteiger partial charge is 0.497 e. The molecule has 0 spiro atoms. The first-order valence-electron chi connectivity index (χ1n) is 6.75. The molecule has 0 bridgehead atoms. The van der Waals surface area contributed by atoms with Crippen molar-refractivity contribution in [3.05, 3.63) is 69.0 Å². The van der Waals surface area contributed by atoms with Crippen LogP contribution in [0.5, 0.6) is 5.75 Å². The number of rotatable bonds is 3. The standard InChI is InChI=1S/C17H12BrNO4/c1-22-12-6-7-13-14(20)9-16(23-15(13)8-12)17(21)19-11-4-2-10(18)3-5-11/h2-9H,1H3,(H,19,21). The van der Waals surface area contributed by atoms with Crippen LogP contribution in [0.4, 0.5) is 5.69 Å². The second kappa shape index (κ2) is 6.26. The fourth-order valence-electron chi connectivity index (χ4n) is 2.10. The highest BCUT2D eigenvalue weighted by atomic mass is 79.9. The average Bonchev–Trinajstić information content (AvgIpc) is 2.56. The minimum absolute atomic E-state index is 0.0568. The number of halogens is 1. The summed E-state index contributed by atoms with van der Waals surface area (Å²) in [5.41, 5.74) is 0.624. The number of amides is 1. The molecule has 1 amide bonds. The third kappa shape index (κ3) is 3.27. The Labute approximate surface area is 140 Å². The lowest BCUT2D eigenvalue weighted by Gasteiger charge is -2.06. The molecule has 0 aliphatic carbocycles. The Morgan fingerprint density at radius 2 is 1.87 bits per heavy atom. The van der Waals surface area contributed by atoms with Crippen molar-refractivity contribution in [3.8, 4) is 5.75 Å². The smallest absolute Gasteiger partial charge is 0.291 e. The minimum Gasteiger partial charge on any atom is -0.497 e. The van der Waals surface area contributed by atoms with E-state index in [2.05, 4.69) is 21.2 Å². The molecule has 1 heterocycles. The summed E-state index contributed by atoms with van der Waals surface area (Å²) < 4.78 is 11.5. The van der Waals surface area contributed by atoms with Gasteiger partial charge in [-0.15, -0.1) is 0 Å². The number of ether oxygens (including phenoxy) is 1. The van der Waals surface area contributed by atoms with Gasteiger partial charge in [0.2, 0.25) is 0 Å². The van der Waals surface area contributed by atoms with Gasteiger partial charge >= 0.3 is 0 Å². The zero-order valence-electron chi connectivity index (χ0n) is 12.1. The molecule has 0 radical (unpaired) electrons. The van der Waals surface area contributed by atoms with E-state index in [1.54, 1.807) is 42.5 Å². The highest BCUT2D eigenvalue weighted by molar-refractivity contribution is 9.10. The highest BCUT2D eigenvalue weighted by Crippen LogP contribution is 2.20. The van der Waals surface area contributed by atoms with Gasteiger partial charge in [-0.05, 0) is 36.4 Å². The fraction of sp³-hybridized carbons (Fsp3) is 0.0588. The predicted molar refractivity (Wildman–Crippen MR) is 91.1 cm³/mol. The first-order chi connectivity index (χ1) is 11.1. The summed E-state index contributed by atoms with van der Waals surface area (Å²) in [6.07, 6.45) is 0. The third-order valence-electron chi connectivity index (χ3n) is 3.26. The second-order valence-electron chi connectivity index (χ2n) is 4.80. The maximum atomic E-state index is 12.3. The van der Waals surface area contributed by atoms with Crippen molar-refractivity contribution in [2.24, 2.45) is 0 Å². The van der Waals surface area contributed by atoms with E-state index in [1.165, 1.54) is 13.2 Å². The summed E-state index contributed by atoms with van der Waals surface area (Å²) in [6, 6.07) is 13.1. The molecule has 116 valence electrons. The Kier molecular flexibility index (Phi) is 4.16. The molecule has 3 rings (SSSR count). The van der Waals surface area contributed by atoms with Crippen molar-refractivity contribution in [2.75, 3.05) is 12.4 Å². The van der Waals surface area contributed by atoms with Crippen LogP contribution in [0.3, 0.4) is 0 Å². The molecule has 0 atom stereocenters. The zero-order valence-corrected chi connectivity index (χ0v) is 13.7. The minimum atomic E-state index is -0.492. The molecule has 1 aromatic heterocycles. The first-order valence-corrected chi connectivity index (χ1v) is 7.55. The van der Waals surface area contributed by atoms with E-state index in [1.807, 2.05) is 0 Å². The van der Waals surface area contributed by atoms with Crippen LogP contribution in [-0.2, 0) is 0 Å². The number of carbonyl (C=O) groups is 1. The lowest BCUT2D eigenvalue weighted by molar-refractivity contribution is 0.0997. The number of hydrogen-bond acceptors (Lipinski definition) is 4. The van der Waals surface area contributed by atoms with Crippen molar-refractivity contribution in [1.29, 1.82) is 0 Å². The van der Waals surface area contributed by atoms with Crippen molar-refractivity contribution >= 4 is 38.5 Å². The van der Waals surface area contributed by atoms with Gasteiger partial charge in [0.15, 0.2) is 11.2 Å². The number of carbonyl (C=O) groups excluding carboxylic acids is 1. The number of nitrogens with one attached hydrogen (secondary N) is 1. The molecule has 0 saturated heterocycles. The van der Waals surface area contributed by atoms with Crippen molar-refractivity contribution in [2.45, 2.75) is 0 Å². The number of anilines is 1. The van der Waals surface area contributed by atoms with Crippen LogP contribution in [0.2, 0.25) is 0 Å². The maximum absolute atomic E-state index is 12.3. The Morgan fingerprint density at radius 3 is 2.57 bits per heavy atom. The first kappa shape index (κ1) is 15.3. The zero-order chi connectivity index (χ0) is 16.4. The molecule has 0 saturated carbocycles. The highest BCUT2D eigenvalue weighted by Gasteiger charge is 2.13. The van der Waals surface area contributed by atoms with E-state index in [0.717, 1.165) is 4.47 Å². The Bertz CT molecular complexity index is 931. The van der Waals surface area contributed by atoms with E-state index in [4.69, 9.17) is 9.15 Å². The Hall–Kier alpha value is -2.60. The maximum Gasteiger partial charge on any atom is 0.291 e. The molecule has 3 aromatic rings. The second-order valence-corrected chi connectivity index (χ2v) is 5.71. The van der Waals surface area contributed by atoms with Crippen LogP contribution in [0.1, 0.15) is 10.6 Å².